The van der Waals surface area contributed by atoms with Crippen LogP contribution in [0.4, 0.5) is 4.39 Å². The topological polar surface area (TPSA) is 92.4 Å². The van der Waals surface area contributed by atoms with E-state index in [1.54, 1.807) is 38.5 Å². The van der Waals surface area contributed by atoms with E-state index in [-0.39, 0.29) is 18.3 Å². The Bertz CT molecular complexity index is 1210. The van der Waals surface area contributed by atoms with Crippen LogP contribution in [-0.4, -0.2) is 34.3 Å². The van der Waals surface area contributed by atoms with Crippen molar-refractivity contribution in [2.75, 3.05) is 14.2 Å². The van der Waals surface area contributed by atoms with Crippen molar-refractivity contribution >= 4 is 0 Å². The van der Waals surface area contributed by atoms with Crippen LogP contribution in [0.1, 0.15) is 18.5 Å². The minimum absolute atomic E-state index is 0.0162. The van der Waals surface area contributed by atoms with E-state index in [0.29, 0.717) is 46.6 Å². The summed E-state index contributed by atoms with van der Waals surface area (Å²) < 4.78 is 35.1. The van der Waals surface area contributed by atoms with Crippen molar-refractivity contribution in [3.05, 3.63) is 65.9 Å². The smallest absolute Gasteiger partial charge is 0.264 e. The average Bonchev–Trinajstić information content (AvgIpc) is 3.31. The molecule has 4 aromatic rings. The molecule has 0 saturated heterocycles. The zero-order valence-electron chi connectivity index (χ0n) is 17.8. The maximum absolute atomic E-state index is 13.2. The van der Waals surface area contributed by atoms with Gasteiger partial charge in [-0.2, -0.15) is 9.97 Å². The molecule has 9 heteroatoms. The molecular formula is C23H21FN4O4. The van der Waals surface area contributed by atoms with Gasteiger partial charge in [-0.25, -0.2) is 9.37 Å². The number of aromatic nitrogens is 4. The van der Waals surface area contributed by atoms with Gasteiger partial charge in [0, 0.05) is 17.3 Å². The standard InChI is InChI=1S/C23H21FN4O4/c1-4-16-12-19(26-22(25-16)14-8-10-15(24)11-9-14)31-13-20-27-23(28-32-20)17-6-5-7-18(29-2)21(17)30-3/h5-12H,4,13H2,1-3H3. The molecule has 4 rings (SSSR count). The number of para-hydroxylation sites is 1. The van der Waals surface area contributed by atoms with Crippen molar-refractivity contribution in [3.8, 4) is 40.2 Å². The molecule has 0 N–H and O–H groups in total. The molecule has 0 radical (unpaired) electrons. The SMILES string of the molecule is CCc1cc(OCc2nc(-c3cccc(OC)c3OC)no2)nc(-c2ccc(F)cc2)n1. The molecule has 0 amide bonds. The van der Waals surface area contributed by atoms with Gasteiger partial charge < -0.3 is 18.7 Å². The van der Waals surface area contributed by atoms with E-state index >= 15 is 0 Å². The number of rotatable bonds is 8. The molecule has 0 atom stereocenters. The molecule has 164 valence electrons. The summed E-state index contributed by atoms with van der Waals surface area (Å²) in [6, 6.07) is 13.1. The fourth-order valence-corrected chi connectivity index (χ4v) is 3.08. The highest BCUT2D eigenvalue weighted by Crippen LogP contribution is 2.36. The predicted octanol–water partition coefficient (Wildman–Crippen LogP) is 4.49. The number of nitrogens with zero attached hydrogens (tertiary/aromatic N) is 4. The zero-order valence-corrected chi connectivity index (χ0v) is 17.8. The second-order valence-corrected chi connectivity index (χ2v) is 6.72. The Kier molecular flexibility index (Phi) is 6.25. The van der Waals surface area contributed by atoms with Crippen LogP contribution in [-0.2, 0) is 13.0 Å². The van der Waals surface area contributed by atoms with Crippen LogP contribution in [0.25, 0.3) is 22.8 Å². The van der Waals surface area contributed by atoms with Gasteiger partial charge in [-0.05, 0) is 42.8 Å². The Morgan fingerprint density at radius 3 is 2.47 bits per heavy atom. The van der Waals surface area contributed by atoms with Gasteiger partial charge in [0.15, 0.2) is 23.9 Å². The molecule has 2 aromatic carbocycles. The maximum Gasteiger partial charge on any atom is 0.264 e. The third-order valence-corrected chi connectivity index (χ3v) is 4.68. The predicted molar refractivity (Wildman–Crippen MR) is 114 cm³/mol. The van der Waals surface area contributed by atoms with Crippen LogP contribution >= 0.6 is 0 Å². The fourth-order valence-electron chi connectivity index (χ4n) is 3.08. The summed E-state index contributed by atoms with van der Waals surface area (Å²) in [6.45, 7) is 1.99. The minimum atomic E-state index is -0.322. The number of halogens is 1. The molecule has 8 nitrogen and oxygen atoms in total. The quantitative estimate of drug-likeness (QED) is 0.399. The van der Waals surface area contributed by atoms with Gasteiger partial charge in [0.05, 0.1) is 19.8 Å². The summed E-state index contributed by atoms with van der Waals surface area (Å²) in [7, 11) is 3.11. The molecule has 0 aliphatic carbocycles. The third kappa shape index (κ3) is 4.51. The van der Waals surface area contributed by atoms with E-state index in [4.69, 9.17) is 18.7 Å². The summed E-state index contributed by atoms with van der Waals surface area (Å²) in [6.07, 6.45) is 0.688. The Morgan fingerprint density at radius 2 is 1.75 bits per heavy atom. The van der Waals surface area contributed by atoms with E-state index in [1.807, 2.05) is 19.1 Å². The molecule has 0 fully saturated rings. The van der Waals surface area contributed by atoms with Crippen LogP contribution < -0.4 is 14.2 Å². The van der Waals surface area contributed by atoms with E-state index in [0.717, 1.165) is 5.69 Å². The Balaban J connectivity index is 1.54. The molecule has 32 heavy (non-hydrogen) atoms. The highest BCUT2D eigenvalue weighted by Gasteiger charge is 2.17. The molecule has 2 aromatic heterocycles. The number of benzene rings is 2. The lowest BCUT2D eigenvalue weighted by Gasteiger charge is -2.09. The van der Waals surface area contributed by atoms with Crippen molar-refractivity contribution in [2.45, 2.75) is 20.0 Å². The molecule has 2 heterocycles. The first-order valence-corrected chi connectivity index (χ1v) is 9.92. The van der Waals surface area contributed by atoms with Crippen LogP contribution in [0, 0.1) is 5.82 Å². The Labute approximate surface area is 184 Å². The molecule has 0 aliphatic rings. The molecule has 0 spiro atoms. The average molecular weight is 436 g/mol. The first-order valence-electron chi connectivity index (χ1n) is 9.92. The molecule has 0 aliphatic heterocycles. The van der Waals surface area contributed by atoms with Gasteiger partial charge >= 0.3 is 0 Å². The summed E-state index contributed by atoms with van der Waals surface area (Å²) in [5.74, 6) is 2.18. The van der Waals surface area contributed by atoms with Crippen molar-refractivity contribution in [1.82, 2.24) is 20.1 Å². The first-order chi connectivity index (χ1) is 15.6. The second-order valence-electron chi connectivity index (χ2n) is 6.72. The van der Waals surface area contributed by atoms with E-state index in [9.17, 15) is 4.39 Å². The van der Waals surface area contributed by atoms with Crippen LogP contribution in [0.3, 0.4) is 0 Å². The van der Waals surface area contributed by atoms with Crippen molar-refractivity contribution < 1.29 is 23.1 Å². The molecule has 0 saturated carbocycles. The summed E-state index contributed by atoms with van der Waals surface area (Å²) in [4.78, 5) is 13.3. The van der Waals surface area contributed by atoms with E-state index < -0.39 is 0 Å². The first kappa shape index (κ1) is 21.2. The van der Waals surface area contributed by atoms with Crippen LogP contribution in [0.15, 0.2) is 53.1 Å². The number of aryl methyl sites for hydroxylation is 1. The summed E-state index contributed by atoms with van der Waals surface area (Å²) in [5.41, 5.74) is 2.12. The largest absolute Gasteiger partial charge is 0.493 e. The van der Waals surface area contributed by atoms with Crippen molar-refractivity contribution in [3.63, 3.8) is 0 Å². The molecule has 0 bridgehead atoms. The Hall–Kier alpha value is -4.01. The fraction of sp³-hybridized carbons (Fsp3) is 0.217. The highest BCUT2D eigenvalue weighted by molar-refractivity contribution is 5.68. The normalized spacial score (nSPS) is 10.8. The lowest BCUT2D eigenvalue weighted by Crippen LogP contribution is -2.02. The number of hydrogen-bond acceptors (Lipinski definition) is 8. The zero-order chi connectivity index (χ0) is 22.5. The number of methoxy groups -OCH3 is 2. The molecule has 0 unspecified atom stereocenters. The molecular weight excluding hydrogens is 415 g/mol. The monoisotopic (exact) mass is 436 g/mol. The number of hydrogen-bond donors (Lipinski definition) is 0. The highest BCUT2D eigenvalue weighted by atomic mass is 19.1. The van der Waals surface area contributed by atoms with Gasteiger partial charge in [-0.1, -0.05) is 18.1 Å². The van der Waals surface area contributed by atoms with Gasteiger partial charge in [0.25, 0.3) is 5.89 Å². The maximum atomic E-state index is 13.2. The second kappa shape index (κ2) is 9.42. The third-order valence-electron chi connectivity index (χ3n) is 4.68. The van der Waals surface area contributed by atoms with E-state index in [2.05, 4.69) is 20.1 Å². The van der Waals surface area contributed by atoms with E-state index in [1.165, 1.54) is 12.1 Å². The minimum Gasteiger partial charge on any atom is -0.493 e. The van der Waals surface area contributed by atoms with Crippen molar-refractivity contribution in [2.24, 2.45) is 0 Å². The van der Waals surface area contributed by atoms with Gasteiger partial charge in [-0.3, -0.25) is 0 Å². The van der Waals surface area contributed by atoms with Gasteiger partial charge in [0.2, 0.25) is 11.7 Å². The lowest BCUT2D eigenvalue weighted by atomic mass is 10.1. The summed E-state index contributed by atoms with van der Waals surface area (Å²) in [5, 5.41) is 4.02. The van der Waals surface area contributed by atoms with Crippen LogP contribution in [0.2, 0.25) is 0 Å². The lowest BCUT2D eigenvalue weighted by molar-refractivity contribution is 0.235. The van der Waals surface area contributed by atoms with Gasteiger partial charge in [0.1, 0.15) is 5.82 Å². The Morgan fingerprint density at radius 1 is 0.938 bits per heavy atom. The number of ether oxygens (including phenoxy) is 3. The van der Waals surface area contributed by atoms with Crippen LogP contribution in [0.5, 0.6) is 17.4 Å². The van der Waals surface area contributed by atoms with Crippen molar-refractivity contribution in [1.29, 1.82) is 0 Å². The summed E-state index contributed by atoms with van der Waals surface area (Å²) >= 11 is 0. The van der Waals surface area contributed by atoms with Gasteiger partial charge in [-0.15, -0.1) is 0 Å².